The van der Waals surface area contributed by atoms with Crippen molar-refractivity contribution in [2.24, 2.45) is 18.4 Å². The van der Waals surface area contributed by atoms with Gasteiger partial charge >= 0.3 is 0 Å². The summed E-state index contributed by atoms with van der Waals surface area (Å²) in [5, 5.41) is 10.8. The lowest BCUT2D eigenvalue weighted by Gasteiger charge is -2.63. The lowest BCUT2D eigenvalue weighted by molar-refractivity contribution is -0.172. The number of aromatic nitrogens is 3. The molecule has 6 rings (SSSR count). The van der Waals surface area contributed by atoms with E-state index in [0.29, 0.717) is 17.6 Å². The minimum atomic E-state index is -0.00655. The zero-order chi connectivity index (χ0) is 19.8. The molecule has 4 heterocycles. The van der Waals surface area contributed by atoms with Gasteiger partial charge in [0.1, 0.15) is 0 Å². The normalized spacial score (nSPS) is 26.9. The van der Waals surface area contributed by atoms with E-state index in [9.17, 15) is 4.79 Å². The first kappa shape index (κ1) is 17.6. The lowest BCUT2D eigenvalue weighted by Crippen LogP contribution is -2.71. The molecule has 3 fully saturated rings. The molecule has 1 amide bonds. The predicted molar refractivity (Wildman–Crippen MR) is 112 cm³/mol. The van der Waals surface area contributed by atoms with Crippen LogP contribution in [-0.2, 0) is 11.8 Å². The Morgan fingerprint density at radius 1 is 1.41 bits per heavy atom. The summed E-state index contributed by atoms with van der Waals surface area (Å²) < 4.78 is 7.79. The fourth-order valence-electron chi connectivity index (χ4n) is 5.85. The van der Waals surface area contributed by atoms with E-state index in [1.807, 2.05) is 37.6 Å². The van der Waals surface area contributed by atoms with Gasteiger partial charge in [-0.25, -0.2) is 4.98 Å². The maximum atomic E-state index is 13.5. The van der Waals surface area contributed by atoms with Crippen molar-refractivity contribution < 1.29 is 9.53 Å². The Hall–Kier alpha value is -2.25. The summed E-state index contributed by atoms with van der Waals surface area (Å²) in [6.07, 6.45) is 4.97. The Balaban J connectivity index is 1.41. The highest BCUT2D eigenvalue weighted by atomic mass is 32.1. The SMILES string of the molecule is Cc1nn(C)c2nc(-c3cccs3)cc(C(=O)NC3C4CCOC4C34CCC4)c12. The largest absolute Gasteiger partial charge is 0.377 e. The molecule has 3 aromatic heterocycles. The number of nitrogens with zero attached hydrogens (tertiary/aromatic N) is 3. The first-order valence-electron chi connectivity index (χ1n) is 10.4. The molecule has 0 radical (unpaired) electrons. The van der Waals surface area contributed by atoms with Crippen LogP contribution in [0.2, 0.25) is 0 Å². The summed E-state index contributed by atoms with van der Waals surface area (Å²) in [5.41, 5.74) is 3.28. The topological polar surface area (TPSA) is 69.0 Å². The summed E-state index contributed by atoms with van der Waals surface area (Å²) in [6.45, 7) is 2.77. The Kier molecular flexibility index (Phi) is 3.72. The van der Waals surface area contributed by atoms with Crippen molar-refractivity contribution in [3.05, 3.63) is 34.8 Å². The molecule has 1 spiro atoms. The van der Waals surface area contributed by atoms with Gasteiger partial charge in [0, 0.05) is 31.0 Å². The standard InChI is InChI=1S/C22H24N4O2S/c1-12-17-14(11-15(16-5-3-10-29-16)23-20(17)26(2)25-12)21(27)24-18-13-6-9-28-19(13)22(18)7-4-8-22/h3,5,10-11,13,18-19H,4,6-9H2,1-2H3,(H,24,27). The highest BCUT2D eigenvalue weighted by Crippen LogP contribution is 2.62. The van der Waals surface area contributed by atoms with Crippen LogP contribution in [0.15, 0.2) is 23.6 Å². The summed E-state index contributed by atoms with van der Waals surface area (Å²) in [4.78, 5) is 19.4. The molecule has 29 heavy (non-hydrogen) atoms. The first-order chi connectivity index (χ1) is 14.1. The number of carbonyl (C=O) groups is 1. The minimum absolute atomic E-state index is 0.00655. The molecule has 2 aliphatic carbocycles. The van der Waals surface area contributed by atoms with Crippen molar-refractivity contribution in [2.45, 2.75) is 44.8 Å². The summed E-state index contributed by atoms with van der Waals surface area (Å²) >= 11 is 1.63. The monoisotopic (exact) mass is 408 g/mol. The van der Waals surface area contributed by atoms with Gasteiger partial charge in [-0.1, -0.05) is 12.5 Å². The van der Waals surface area contributed by atoms with Crippen LogP contribution in [-0.4, -0.2) is 39.4 Å². The van der Waals surface area contributed by atoms with Crippen LogP contribution in [0.1, 0.15) is 41.7 Å². The molecule has 1 saturated heterocycles. The van der Waals surface area contributed by atoms with Gasteiger partial charge in [0.2, 0.25) is 0 Å². The van der Waals surface area contributed by atoms with Gasteiger partial charge in [0.25, 0.3) is 5.91 Å². The number of aryl methyl sites for hydroxylation is 2. The smallest absolute Gasteiger partial charge is 0.252 e. The number of ether oxygens (including phenoxy) is 1. The number of carbonyl (C=O) groups excluding carboxylic acids is 1. The van der Waals surface area contributed by atoms with E-state index < -0.39 is 0 Å². The van der Waals surface area contributed by atoms with Crippen LogP contribution >= 0.6 is 11.3 Å². The van der Waals surface area contributed by atoms with Crippen molar-refractivity contribution in [1.82, 2.24) is 20.1 Å². The van der Waals surface area contributed by atoms with E-state index >= 15 is 0 Å². The average Bonchev–Trinajstić information content (AvgIpc) is 3.39. The molecular formula is C22H24N4O2S. The maximum Gasteiger partial charge on any atom is 0.252 e. The lowest BCUT2D eigenvalue weighted by atomic mass is 9.46. The van der Waals surface area contributed by atoms with E-state index in [0.717, 1.165) is 53.2 Å². The molecule has 6 nitrogen and oxygen atoms in total. The van der Waals surface area contributed by atoms with Gasteiger partial charge in [-0.3, -0.25) is 9.48 Å². The van der Waals surface area contributed by atoms with Crippen molar-refractivity contribution in [3.63, 3.8) is 0 Å². The zero-order valence-electron chi connectivity index (χ0n) is 16.6. The van der Waals surface area contributed by atoms with E-state index in [4.69, 9.17) is 9.72 Å². The van der Waals surface area contributed by atoms with Gasteiger partial charge in [0.15, 0.2) is 5.65 Å². The van der Waals surface area contributed by atoms with Crippen molar-refractivity contribution in [2.75, 3.05) is 6.61 Å². The van der Waals surface area contributed by atoms with Gasteiger partial charge in [-0.05, 0) is 43.7 Å². The van der Waals surface area contributed by atoms with Gasteiger partial charge in [-0.2, -0.15) is 5.10 Å². The molecular weight excluding hydrogens is 384 g/mol. The van der Waals surface area contributed by atoms with Crippen LogP contribution in [0.3, 0.4) is 0 Å². The zero-order valence-corrected chi connectivity index (χ0v) is 17.5. The van der Waals surface area contributed by atoms with Gasteiger partial charge in [0.05, 0.1) is 33.3 Å². The van der Waals surface area contributed by atoms with E-state index in [1.165, 1.54) is 6.42 Å². The number of pyridine rings is 1. The summed E-state index contributed by atoms with van der Waals surface area (Å²) in [5.74, 6) is 0.455. The van der Waals surface area contributed by atoms with Gasteiger partial charge < -0.3 is 10.1 Å². The van der Waals surface area contributed by atoms with E-state index in [2.05, 4.69) is 10.4 Å². The fraction of sp³-hybridized carbons (Fsp3) is 0.500. The Labute approximate surface area is 173 Å². The fourth-order valence-corrected chi connectivity index (χ4v) is 6.54. The van der Waals surface area contributed by atoms with Crippen LogP contribution in [0.5, 0.6) is 0 Å². The maximum absolute atomic E-state index is 13.5. The molecule has 7 heteroatoms. The molecule has 1 N–H and O–H groups in total. The third-order valence-electron chi connectivity index (χ3n) is 7.31. The van der Waals surface area contributed by atoms with Gasteiger partial charge in [-0.15, -0.1) is 11.3 Å². The second-order valence-electron chi connectivity index (χ2n) is 8.72. The second kappa shape index (κ2) is 6.12. The Bertz CT molecular complexity index is 1120. The number of nitrogens with one attached hydrogen (secondary N) is 1. The summed E-state index contributed by atoms with van der Waals surface area (Å²) in [7, 11) is 1.89. The highest BCUT2D eigenvalue weighted by Gasteiger charge is 2.67. The second-order valence-corrected chi connectivity index (χ2v) is 9.67. The van der Waals surface area contributed by atoms with Crippen LogP contribution in [0.25, 0.3) is 21.6 Å². The van der Waals surface area contributed by atoms with Crippen molar-refractivity contribution in [3.8, 4) is 10.6 Å². The van der Waals surface area contributed by atoms with Crippen molar-refractivity contribution in [1.29, 1.82) is 0 Å². The van der Waals surface area contributed by atoms with Crippen LogP contribution in [0, 0.1) is 18.3 Å². The molecule has 3 aliphatic rings. The average molecular weight is 409 g/mol. The molecule has 0 aromatic carbocycles. The van der Waals surface area contributed by atoms with E-state index in [1.54, 1.807) is 16.0 Å². The third-order valence-corrected chi connectivity index (χ3v) is 8.20. The van der Waals surface area contributed by atoms with Crippen LogP contribution < -0.4 is 5.32 Å². The van der Waals surface area contributed by atoms with E-state index in [-0.39, 0.29) is 17.4 Å². The molecule has 3 atom stereocenters. The molecule has 3 aromatic rings. The number of amides is 1. The Morgan fingerprint density at radius 3 is 3.00 bits per heavy atom. The molecule has 2 saturated carbocycles. The summed E-state index contributed by atoms with van der Waals surface area (Å²) in [6, 6.07) is 6.21. The van der Waals surface area contributed by atoms with Crippen molar-refractivity contribution >= 4 is 28.3 Å². The molecule has 150 valence electrons. The number of hydrogen-bond acceptors (Lipinski definition) is 5. The number of thiophene rings is 1. The molecule has 1 aliphatic heterocycles. The highest BCUT2D eigenvalue weighted by molar-refractivity contribution is 7.13. The third kappa shape index (κ3) is 2.34. The quantitative estimate of drug-likeness (QED) is 0.718. The molecule has 0 bridgehead atoms. The number of fused-ring (bicyclic) bond motifs is 3. The first-order valence-corrected chi connectivity index (χ1v) is 11.3. The Morgan fingerprint density at radius 2 is 2.28 bits per heavy atom. The molecule has 3 unspecified atom stereocenters. The predicted octanol–water partition coefficient (Wildman–Crippen LogP) is 3.69. The number of rotatable bonds is 3. The minimum Gasteiger partial charge on any atom is -0.377 e. The number of hydrogen-bond donors (Lipinski definition) is 1. The van der Waals surface area contributed by atoms with Crippen LogP contribution in [0.4, 0.5) is 0 Å².